The third-order valence-electron chi connectivity index (χ3n) is 4.03. The molecule has 0 N–H and O–H groups in total. The molecule has 2 heterocycles. The lowest BCUT2D eigenvalue weighted by molar-refractivity contribution is -0.380. The molecule has 0 spiro atoms. The molecule has 4 unspecified atom stereocenters. The highest BCUT2D eigenvalue weighted by molar-refractivity contribution is 5.16. The van der Waals surface area contributed by atoms with Crippen molar-refractivity contribution in [2.75, 3.05) is 0 Å². The van der Waals surface area contributed by atoms with E-state index in [-0.39, 0.29) is 12.2 Å². The fourth-order valence-corrected chi connectivity index (χ4v) is 2.81. The quantitative estimate of drug-likeness (QED) is 0.542. The van der Waals surface area contributed by atoms with Gasteiger partial charge in [0, 0.05) is 0 Å². The largest absolute Gasteiger partial charge is 0.228 e. The van der Waals surface area contributed by atoms with Crippen LogP contribution in [-0.4, -0.2) is 12.2 Å². The van der Waals surface area contributed by atoms with Crippen LogP contribution in [0.4, 0.5) is 0 Å². The number of allylic oxidation sites excluding steroid dienone is 2. The van der Waals surface area contributed by atoms with E-state index in [1.54, 1.807) is 0 Å². The predicted octanol–water partition coefficient (Wildman–Crippen LogP) is 4.03. The van der Waals surface area contributed by atoms with E-state index < -0.39 is 0 Å². The number of rotatable bonds is 4. The molecule has 96 valence electrons. The van der Waals surface area contributed by atoms with E-state index in [0.29, 0.717) is 11.8 Å². The van der Waals surface area contributed by atoms with Crippen molar-refractivity contribution in [3.63, 3.8) is 0 Å². The van der Waals surface area contributed by atoms with Gasteiger partial charge in [-0.05, 0) is 57.4 Å². The van der Waals surface area contributed by atoms with Crippen molar-refractivity contribution in [3.8, 4) is 0 Å². The van der Waals surface area contributed by atoms with Gasteiger partial charge in [0.25, 0.3) is 0 Å². The zero-order valence-corrected chi connectivity index (χ0v) is 11.4. The summed E-state index contributed by atoms with van der Waals surface area (Å²) in [6.07, 6.45) is 8.52. The van der Waals surface area contributed by atoms with Crippen molar-refractivity contribution in [2.24, 2.45) is 11.8 Å². The van der Waals surface area contributed by atoms with Crippen LogP contribution in [0, 0.1) is 11.8 Å². The molecule has 3 rings (SSSR count). The minimum atomic E-state index is 0.182. The van der Waals surface area contributed by atoms with Crippen molar-refractivity contribution < 1.29 is 9.78 Å². The van der Waals surface area contributed by atoms with Crippen LogP contribution >= 0.6 is 0 Å². The second-order valence-electron chi connectivity index (χ2n) is 5.79. The van der Waals surface area contributed by atoms with Gasteiger partial charge >= 0.3 is 0 Å². The molecule has 0 amide bonds. The standard InChI is InChI=1S/C15H24O2/c1-10(2)6-5-7-11(3)13-9-14-12(4)8-15(13)17-16-14/h6,8,11,13-15H,5,7,9H2,1-4H3. The van der Waals surface area contributed by atoms with Gasteiger partial charge in [-0.25, -0.2) is 9.78 Å². The van der Waals surface area contributed by atoms with Crippen molar-refractivity contribution in [2.45, 2.75) is 59.2 Å². The molecule has 3 aliphatic rings. The Bertz CT molecular complexity index is 326. The summed E-state index contributed by atoms with van der Waals surface area (Å²) in [7, 11) is 0. The zero-order chi connectivity index (χ0) is 12.4. The molecule has 0 aromatic heterocycles. The van der Waals surface area contributed by atoms with Crippen LogP contribution in [0.5, 0.6) is 0 Å². The molecule has 1 saturated heterocycles. The molecule has 2 bridgehead atoms. The third kappa shape index (κ3) is 2.99. The first-order valence-corrected chi connectivity index (χ1v) is 6.71. The maximum atomic E-state index is 5.42. The van der Waals surface area contributed by atoms with Gasteiger partial charge in [-0.2, -0.15) is 0 Å². The predicted molar refractivity (Wildman–Crippen MR) is 69.4 cm³/mol. The lowest BCUT2D eigenvalue weighted by Crippen LogP contribution is -2.43. The van der Waals surface area contributed by atoms with E-state index in [1.165, 1.54) is 24.0 Å². The van der Waals surface area contributed by atoms with Gasteiger partial charge in [-0.3, -0.25) is 0 Å². The van der Waals surface area contributed by atoms with Crippen molar-refractivity contribution in [3.05, 3.63) is 23.3 Å². The molecule has 2 aliphatic heterocycles. The lowest BCUT2D eigenvalue weighted by Gasteiger charge is -2.41. The van der Waals surface area contributed by atoms with E-state index in [0.717, 1.165) is 6.42 Å². The molecule has 0 radical (unpaired) electrons. The van der Waals surface area contributed by atoms with Gasteiger partial charge in [0.2, 0.25) is 0 Å². The Balaban J connectivity index is 1.89. The normalized spacial score (nSPS) is 33.2. The Labute approximate surface area is 105 Å². The van der Waals surface area contributed by atoms with Gasteiger partial charge in [-0.1, -0.05) is 24.6 Å². The molecule has 2 nitrogen and oxygen atoms in total. The summed E-state index contributed by atoms with van der Waals surface area (Å²) >= 11 is 0. The second-order valence-corrected chi connectivity index (χ2v) is 5.79. The molecule has 0 saturated carbocycles. The van der Waals surface area contributed by atoms with E-state index in [2.05, 4.69) is 39.8 Å². The molecule has 1 aliphatic carbocycles. The average Bonchev–Trinajstić information content (AvgIpc) is 2.28. The summed E-state index contributed by atoms with van der Waals surface area (Å²) in [4.78, 5) is 10.7. The maximum Gasteiger partial charge on any atom is 0.115 e. The molecule has 1 fully saturated rings. The van der Waals surface area contributed by atoms with Gasteiger partial charge < -0.3 is 0 Å². The highest BCUT2D eigenvalue weighted by Crippen LogP contribution is 2.39. The van der Waals surface area contributed by atoms with Crippen molar-refractivity contribution >= 4 is 0 Å². The number of fused-ring (bicyclic) bond motifs is 2. The van der Waals surface area contributed by atoms with Crippen LogP contribution in [0.2, 0.25) is 0 Å². The van der Waals surface area contributed by atoms with Crippen molar-refractivity contribution in [1.29, 1.82) is 0 Å². The molecule has 4 atom stereocenters. The topological polar surface area (TPSA) is 18.5 Å². The summed E-state index contributed by atoms with van der Waals surface area (Å²) in [5, 5.41) is 0. The van der Waals surface area contributed by atoms with Crippen LogP contribution in [0.1, 0.15) is 47.0 Å². The first kappa shape index (κ1) is 12.8. The Morgan fingerprint density at radius 1 is 1.47 bits per heavy atom. The number of hydrogen-bond acceptors (Lipinski definition) is 2. The van der Waals surface area contributed by atoms with E-state index >= 15 is 0 Å². The Morgan fingerprint density at radius 3 is 2.76 bits per heavy atom. The minimum absolute atomic E-state index is 0.182. The fourth-order valence-electron chi connectivity index (χ4n) is 2.81. The molecule has 2 heteroatoms. The highest BCUT2D eigenvalue weighted by Gasteiger charge is 2.39. The molecule has 17 heavy (non-hydrogen) atoms. The fraction of sp³-hybridized carbons (Fsp3) is 0.733. The molecule has 0 aromatic rings. The summed E-state index contributed by atoms with van der Waals surface area (Å²) in [6.45, 7) is 8.81. The molecular formula is C15H24O2. The SMILES string of the molecule is CC(C)=CCCC(C)C1CC2OOC1C=C2C. The average molecular weight is 236 g/mol. The Hall–Kier alpha value is -0.600. The monoisotopic (exact) mass is 236 g/mol. The smallest absolute Gasteiger partial charge is 0.115 e. The lowest BCUT2D eigenvalue weighted by atomic mass is 9.76. The molecule has 0 aromatic carbocycles. The second kappa shape index (κ2) is 5.36. The van der Waals surface area contributed by atoms with Crippen LogP contribution in [0.15, 0.2) is 23.3 Å². The minimum Gasteiger partial charge on any atom is -0.228 e. The van der Waals surface area contributed by atoms with E-state index in [4.69, 9.17) is 9.78 Å². The zero-order valence-electron chi connectivity index (χ0n) is 11.4. The van der Waals surface area contributed by atoms with Crippen LogP contribution in [-0.2, 0) is 9.78 Å². The highest BCUT2D eigenvalue weighted by atomic mass is 17.2. The van der Waals surface area contributed by atoms with Gasteiger partial charge in [0.15, 0.2) is 0 Å². The number of hydrogen-bond donors (Lipinski definition) is 0. The van der Waals surface area contributed by atoms with Crippen LogP contribution in [0.3, 0.4) is 0 Å². The Kier molecular flexibility index (Phi) is 4.05. The van der Waals surface area contributed by atoms with Crippen LogP contribution in [0.25, 0.3) is 0 Å². The van der Waals surface area contributed by atoms with Gasteiger partial charge in [-0.15, -0.1) is 0 Å². The first-order chi connectivity index (χ1) is 8.08. The van der Waals surface area contributed by atoms with Crippen LogP contribution < -0.4 is 0 Å². The summed E-state index contributed by atoms with van der Waals surface area (Å²) in [6, 6.07) is 0. The van der Waals surface area contributed by atoms with E-state index in [9.17, 15) is 0 Å². The summed E-state index contributed by atoms with van der Waals surface area (Å²) in [5.41, 5.74) is 2.76. The maximum absolute atomic E-state index is 5.42. The summed E-state index contributed by atoms with van der Waals surface area (Å²) < 4.78 is 0. The van der Waals surface area contributed by atoms with E-state index in [1.807, 2.05) is 0 Å². The summed E-state index contributed by atoms with van der Waals surface area (Å²) in [5.74, 6) is 1.33. The third-order valence-corrected chi connectivity index (χ3v) is 4.03. The van der Waals surface area contributed by atoms with Crippen molar-refractivity contribution in [1.82, 2.24) is 0 Å². The molecular weight excluding hydrogens is 212 g/mol. The Morgan fingerprint density at radius 2 is 2.24 bits per heavy atom. The van der Waals surface area contributed by atoms with Gasteiger partial charge in [0.1, 0.15) is 12.2 Å². The van der Waals surface area contributed by atoms with Gasteiger partial charge in [0.05, 0.1) is 0 Å². The first-order valence-electron chi connectivity index (χ1n) is 6.71.